The van der Waals surface area contributed by atoms with Crippen molar-refractivity contribution in [3.63, 3.8) is 0 Å². The van der Waals surface area contributed by atoms with Crippen molar-refractivity contribution in [1.29, 1.82) is 0 Å². The Balaban J connectivity index is 2.08. The summed E-state index contributed by atoms with van der Waals surface area (Å²) in [6, 6.07) is 13.0. The maximum Gasteiger partial charge on any atom is 0.125 e. The molecule has 0 aliphatic rings. The second-order valence-corrected chi connectivity index (χ2v) is 5.90. The summed E-state index contributed by atoms with van der Waals surface area (Å²) >= 11 is 3.63. The number of hydrogen-bond donors (Lipinski definition) is 1. The van der Waals surface area contributed by atoms with Crippen molar-refractivity contribution in [3.05, 3.63) is 63.9 Å². The van der Waals surface area contributed by atoms with Crippen LogP contribution in [0.4, 0.5) is 10.1 Å². The van der Waals surface area contributed by atoms with Crippen LogP contribution in [0.1, 0.15) is 18.1 Å². The van der Waals surface area contributed by atoms with E-state index in [1.165, 1.54) is 17.2 Å². The molecule has 2 nitrogen and oxygen atoms in total. The van der Waals surface area contributed by atoms with E-state index in [2.05, 4.69) is 46.4 Å². The number of nitrogens with one attached hydrogen (secondary N) is 1. The molecule has 4 heteroatoms. The standard InChI is InChI=1S/C17H20BrFN2/c1-3-20-11-13-7-8-14(17(18)9-13)12-21(2)16-6-4-5-15(19)10-16/h4-10,20H,3,11-12H2,1-2H3. The van der Waals surface area contributed by atoms with E-state index >= 15 is 0 Å². The van der Waals surface area contributed by atoms with Gasteiger partial charge in [0.25, 0.3) is 0 Å². The van der Waals surface area contributed by atoms with E-state index in [1.54, 1.807) is 12.1 Å². The van der Waals surface area contributed by atoms with Crippen molar-refractivity contribution in [1.82, 2.24) is 5.32 Å². The molecule has 0 unspecified atom stereocenters. The first-order chi connectivity index (χ1) is 10.1. The van der Waals surface area contributed by atoms with E-state index < -0.39 is 0 Å². The summed E-state index contributed by atoms with van der Waals surface area (Å²) in [5, 5.41) is 3.31. The van der Waals surface area contributed by atoms with Gasteiger partial charge < -0.3 is 10.2 Å². The molecule has 112 valence electrons. The predicted octanol–water partition coefficient (Wildman–Crippen LogP) is 4.33. The Morgan fingerprint density at radius 1 is 1.19 bits per heavy atom. The zero-order valence-corrected chi connectivity index (χ0v) is 14.0. The molecule has 0 heterocycles. The van der Waals surface area contributed by atoms with Crippen LogP contribution >= 0.6 is 15.9 Å². The number of anilines is 1. The molecule has 0 aliphatic heterocycles. The molecule has 0 saturated carbocycles. The Morgan fingerprint density at radius 3 is 2.67 bits per heavy atom. The highest BCUT2D eigenvalue weighted by molar-refractivity contribution is 9.10. The predicted molar refractivity (Wildman–Crippen MR) is 90.0 cm³/mol. The Labute approximate surface area is 134 Å². The third-order valence-corrected chi connectivity index (χ3v) is 4.09. The first-order valence-corrected chi connectivity index (χ1v) is 7.84. The van der Waals surface area contributed by atoms with Crippen LogP contribution < -0.4 is 10.2 Å². The Kier molecular flexibility index (Phi) is 5.76. The molecule has 2 rings (SSSR count). The van der Waals surface area contributed by atoms with E-state index in [1.807, 2.05) is 18.0 Å². The van der Waals surface area contributed by atoms with Crippen LogP contribution in [-0.4, -0.2) is 13.6 Å². The van der Waals surface area contributed by atoms with E-state index in [0.29, 0.717) is 0 Å². The first kappa shape index (κ1) is 16.0. The molecular weight excluding hydrogens is 331 g/mol. The fourth-order valence-electron chi connectivity index (χ4n) is 2.16. The van der Waals surface area contributed by atoms with Crippen LogP contribution in [0.15, 0.2) is 46.9 Å². The molecule has 0 aromatic heterocycles. The molecule has 0 amide bonds. The van der Waals surface area contributed by atoms with Gasteiger partial charge in [0.2, 0.25) is 0 Å². The van der Waals surface area contributed by atoms with Gasteiger partial charge in [0.05, 0.1) is 0 Å². The van der Waals surface area contributed by atoms with E-state index in [9.17, 15) is 4.39 Å². The van der Waals surface area contributed by atoms with Crippen LogP contribution in [0, 0.1) is 5.82 Å². The number of halogens is 2. The van der Waals surface area contributed by atoms with Gasteiger partial charge in [-0.05, 0) is 41.9 Å². The van der Waals surface area contributed by atoms with Crippen LogP contribution in [0.2, 0.25) is 0 Å². The third-order valence-electron chi connectivity index (χ3n) is 3.35. The maximum absolute atomic E-state index is 13.3. The Morgan fingerprint density at radius 2 is 2.00 bits per heavy atom. The minimum absolute atomic E-state index is 0.209. The van der Waals surface area contributed by atoms with E-state index in [4.69, 9.17) is 0 Å². The summed E-state index contributed by atoms with van der Waals surface area (Å²) in [6.45, 7) is 4.65. The van der Waals surface area contributed by atoms with Crippen LogP contribution in [-0.2, 0) is 13.1 Å². The summed E-state index contributed by atoms with van der Waals surface area (Å²) < 4.78 is 14.4. The van der Waals surface area contributed by atoms with Gasteiger partial charge in [-0.3, -0.25) is 0 Å². The van der Waals surface area contributed by atoms with Crippen molar-refractivity contribution in [2.75, 3.05) is 18.5 Å². The molecule has 0 aliphatic carbocycles. The Hall–Kier alpha value is -1.39. The first-order valence-electron chi connectivity index (χ1n) is 7.05. The second kappa shape index (κ2) is 7.57. The average Bonchev–Trinajstić information content (AvgIpc) is 2.47. The lowest BCUT2D eigenvalue weighted by Gasteiger charge is -2.20. The SMILES string of the molecule is CCNCc1ccc(CN(C)c2cccc(F)c2)c(Br)c1. The van der Waals surface area contributed by atoms with Gasteiger partial charge >= 0.3 is 0 Å². The largest absolute Gasteiger partial charge is 0.370 e. The second-order valence-electron chi connectivity index (χ2n) is 5.04. The fraction of sp³-hybridized carbons (Fsp3) is 0.294. The number of hydrogen-bond acceptors (Lipinski definition) is 2. The smallest absolute Gasteiger partial charge is 0.125 e. The monoisotopic (exact) mass is 350 g/mol. The topological polar surface area (TPSA) is 15.3 Å². The molecule has 1 N–H and O–H groups in total. The van der Waals surface area contributed by atoms with E-state index in [-0.39, 0.29) is 5.82 Å². The van der Waals surface area contributed by atoms with Crippen LogP contribution in [0.3, 0.4) is 0 Å². The lowest BCUT2D eigenvalue weighted by atomic mass is 10.1. The molecule has 0 spiro atoms. The number of rotatable bonds is 6. The third kappa shape index (κ3) is 4.55. The highest BCUT2D eigenvalue weighted by Gasteiger charge is 2.07. The number of nitrogens with zero attached hydrogens (tertiary/aromatic N) is 1. The van der Waals surface area contributed by atoms with Crippen molar-refractivity contribution in [2.45, 2.75) is 20.0 Å². The fourth-order valence-corrected chi connectivity index (χ4v) is 2.71. The summed E-state index contributed by atoms with van der Waals surface area (Å²) in [4.78, 5) is 2.03. The Bertz CT molecular complexity index is 601. The van der Waals surface area contributed by atoms with Crippen LogP contribution in [0.5, 0.6) is 0 Å². The molecule has 0 fully saturated rings. The maximum atomic E-state index is 13.3. The van der Waals surface area contributed by atoms with Crippen LogP contribution in [0.25, 0.3) is 0 Å². The highest BCUT2D eigenvalue weighted by Crippen LogP contribution is 2.23. The molecule has 0 radical (unpaired) electrons. The zero-order valence-electron chi connectivity index (χ0n) is 12.4. The van der Waals surface area contributed by atoms with Gasteiger partial charge in [0, 0.05) is 30.3 Å². The minimum Gasteiger partial charge on any atom is -0.370 e. The van der Waals surface area contributed by atoms with Crippen molar-refractivity contribution < 1.29 is 4.39 Å². The molecule has 2 aromatic carbocycles. The quantitative estimate of drug-likeness (QED) is 0.833. The minimum atomic E-state index is -0.209. The van der Waals surface area contributed by atoms with Crippen molar-refractivity contribution in [3.8, 4) is 0 Å². The molecule has 0 saturated heterocycles. The van der Waals surface area contributed by atoms with Crippen molar-refractivity contribution in [2.24, 2.45) is 0 Å². The molecule has 21 heavy (non-hydrogen) atoms. The molecule has 0 atom stereocenters. The normalized spacial score (nSPS) is 10.7. The molecular formula is C17H20BrFN2. The number of benzene rings is 2. The van der Waals surface area contributed by atoms with Gasteiger partial charge in [-0.15, -0.1) is 0 Å². The van der Waals surface area contributed by atoms with Gasteiger partial charge in [0.15, 0.2) is 0 Å². The summed E-state index contributed by atoms with van der Waals surface area (Å²) in [7, 11) is 1.97. The van der Waals surface area contributed by atoms with Gasteiger partial charge in [-0.1, -0.05) is 41.1 Å². The van der Waals surface area contributed by atoms with E-state index in [0.717, 1.165) is 29.8 Å². The average molecular weight is 351 g/mol. The lowest BCUT2D eigenvalue weighted by Crippen LogP contribution is -2.17. The highest BCUT2D eigenvalue weighted by atomic mass is 79.9. The van der Waals surface area contributed by atoms with Gasteiger partial charge in [-0.2, -0.15) is 0 Å². The lowest BCUT2D eigenvalue weighted by molar-refractivity contribution is 0.627. The summed E-state index contributed by atoms with van der Waals surface area (Å²) in [5.41, 5.74) is 3.31. The van der Waals surface area contributed by atoms with Gasteiger partial charge in [-0.25, -0.2) is 4.39 Å². The summed E-state index contributed by atoms with van der Waals surface area (Å²) in [5.74, 6) is -0.209. The van der Waals surface area contributed by atoms with Gasteiger partial charge in [0.1, 0.15) is 5.82 Å². The molecule has 0 bridgehead atoms. The summed E-state index contributed by atoms with van der Waals surface area (Å²) in [6.07, 6.45) is 0. The van der Waals surface area contributed by atoms with Crippen molar-refractivity contribution >= 4 is 21.6 Å². The molecule has 2 aromatic rings. The zero-order chi connectivity index (χ0) is 15.2.